The zero-order chi connectivity index (χ0) is 73.3. The van der Waals surface area contributed by atoms with E-state index in [0.29, 0.717) is 122 Å². The molecule has 2 atom stereocenters. The summed E-state index contributed by atoms with van der Waals surface area (Å²) < 4.78 is 177. The van der Waals surface area contributed by atoms with E-state index in [2.05, 4.69) is 5.32 Å². The van der Waals surface area contributed by atoms with Gasteiger partial charge in [0.25, 0.3) is 26.1 Å². The van der Waals surface area contributed by atoms with Gasteiger partial charge in [0.05, 0.1) is 103 Å². The van der Waals surface area contributed by atoms with Crippen LogP contribution < -0.4 is 115 Å². The van der Waals surface area contributed by atoms with Gasteiger partial charge in [0.2, 0.25) is 5.69 Å². The van der Waals surface area contributed by atoms with Crippen LogP contribution in [0, 0.1) is 0 Å². The van der Waals surface area contributed by atoms with Crippen molar-refractivity contribution in [3.05, 3.63) is 186 Å². The predicted molar refractivity (Wildman–Crippen MR) is 384 cm³/mol. The van der Waals surface area contributed by atoms with Crippen molar-refractivity contribution in [1.82, 2.24) is 5.32 Å². The van der Waals surface area contributed by atoms with Gasteiger partial charge in [0, 0.05) is 90.6 Å². The number of benzene rings is 5. The van der Waals surface area contributed by atoms with Crippen molar-refractivity contribution in [2.45, 2.75) is 98.7 Å². The van der Waals surface area contributed by atoms with Gasteiger partial charge in [0.15, 0.2) is 5.71 Å². The summed E-state index contributed by atoms with van der Waals surface area (Å²) >= 11 is 0. The standard InChI is InChI=1S/C72H90N3O21PS4.3Na/c1-71(36-20-50-98(79,80)81)62-53-59(100(85,86)87)31-34-64(62)74(39-18-10-11-22-56(76)23-19-38-73-69(77)55-30-33-61(70(78)92-4)66(52-55)97(57-24-12-8-13-25-57)58-26-14-9-15-27-58)67(71)28-16-6-5-7-17-29-68-72(2,37-21-51-99(82,83)84)63-54-60(101(88,89)90)32-35-65(63)75(68)40-41-93-44-45-95-48-49-96-47-46-94-43-42-91-3;;;/h5-9,12-17,24-35,52-54H,10-11,18-23,36-51H2,1-4H3,(H4-,73,77,79,80,81,82,83,84,85,86,87,88,89,90);;;/q;3*+1/p-1. The Morgan fingerprint density at radius 2 is 1.15 bits per heavy atom. The van der Waals surface area contributed by atoms with Crippen molar-refractivity contribution < 1.29 is 188 Å². The molecule has 0 radical (unpaired) electrons. The summed E-state index contributed by atoms with van der Waals surface area (Å²) in [6.45, 7) is 7.48. The molecule has 0 spiro atoms. The van der Waals surface area contributed by atoms with E-state index in [0.717, 1.165) is 10.6 Å². The van der Waals surface area contributed by atoms with Crippen LogP contribution in [0.1, 0.15) is 110 Å². The Kier molecular flexibility index (Phi) is 39.6. The number of nitrogens with one attached hydrogen (secondary N) is 1. The number of anilines is 1. The number of fused-ring (bicyclic) bond motifs is 2. The van der Waals surface area contributed by atoms with Crippen molar-refractivity contribution in [2.24, 2.45) is 0 Å². The number of Topliss-reactive ketones (excluding diaryl/α,β-unsaturated/α-hetero) is 1. The van der Waals surface area contributed by atoms with E-state index in [1.165, 1.54) is 37.4 Å². The maximum atomic E-state index is 13.7. The summed E-state index contributed by atoms with van der Waals surface area (Å²) in [4.78, 5) is 41.1. The summed E-state index contributed by atoms with van der Waals surface area (Å²) in [6.07, 6.45) is 14.6. The fourth-order valence-electron chi connectivity index (χ4n) is 12.3. The summed E-state index contributed by atoms with van der Waals surface area (Å²) in [5.74, 6) is -2.18. The van der Waals surface area contributed by atoms with Gasteiger partial charge in [-0.1, -0.05) is 91.0 Å². The van der Waals surface area contributed by atoms with E-state index in [1.54, 1.807) is 87.8 Å². The molecule has 0 saturated carbocycles. The van der Waals surface area contributed by atoms with Crippen LogP contribution in [0.4, 0.5) is 11.4 Å². The van der Waals surface area contributed by atoms with Gasteiger partial charge >= 0.3 is 94.6 Å². The molecule has 0 aromatic heterocycles. The van der Waals surface area contributed by atoms with Crippen LogP contribution in [0.2, 0.25) is 0 Å². The maximum absolute atomic E-state index is 13.7. The molecule has 5 aromatic rings. The summed E-state index contributed by atoms with van der Waals surface area (Å²) in [7, 11) is -17.1. The zero-order valence-corrected chi connectivity index (χ0v) is 70.3. The van der Waals surface area contributed by atoms with Gasteiger partial charge in [-0.3, -0.25) is 18.7 Å². The predicted octanol–water partition coefficient (Wildman–Crippen LogP) is -0.873. The number of nitrogens with zero attached hydrogens (tertiary/aromatic N) is 2. The molecule has 0 fully saturated rings. The molecule has 0 aliphatic carbocycles. The van der Waals surface area contributed by atoms with Gasteiger partial charge in [-0.25, -0.2) is 21.6 Å². The van der Waals surface area contributed by atoms with Crippen LogP contribution in [0.5, 0.6) is 0 Å². The van der Waals surface area contributed by atoms with Crippen LogP contribution >= 0.6 is 7.92 Å². The normalized spacial score (nSPS) is 16.4. The average molecular weight is 1560 g/mol. The Hall–Kier alpha value is -3.99. The van der Waals surface area contributed by atoms with Crippen molar-refractivity contribution in [3.63, 3.8) is 0 Å². The second-order valence-corrected chi connectivity index (χ2v) is 32.5. The van der Waals surface area contributed by atoms with E-state index in [9.17, 15) is 66.3 Å². The molecule has 3 N–H and O–H groups in total. The molecule has 5 aromatic carbocycles. The number of methoxy groups -OCH3 is 2. The third-order valence-electron chi connectivity index (χ3n) is 17.3. The molecule has 2 unspecified atom stereocenters. The minimum atomic E-state index is -4.96. The van der Waals surface area contributed by atoms with Gasteiger partial charge in [0.1, 0.15) is 22.4 Å². The number of esters is 1. The Morgan fingerprint density at radius 3 is 1.74 bits per heavy atom. The smallest absolute Gasteiger partial charge is 0.748 e. The number of ether oxygens (including phenoxy) is 6. The number of rotatable bonds is 44. The molecular weight excluding hydrogens is 1470 g/mol. The van der Waals surface area contributed by atoms with Crippen LogP contribution in [0.15, 0.2) is 173 Å². The molecular formula is C72H89N3Na3O21PS4+2. The molecule has 24 nitrogen and oxygen atoms in total. The number of unbranched alkanes of at least 4 members (excludes halogenated alkanes) is 2. The first kappa shape index (κ1) is 92.4. The van der Waals surface area contributed by atoms with Crippen molar-refractivity contribution >= 4 is 99.1 Å². The zero-order valence-electron chi connectivity index (χ0n) is 60.1. The minimum Gasteiger partial charge on any atom is -0.748 e. The van der Waals surface area contributed by atoms with Crippen LogP contribution in [0.3, 0.4) is 0 Å². The number of hydrogen-bond acceptors (Lipinski definition) is 20. The van der Waals surface area contributed by atoms with Gasteiger partial charge in [-0.05, 0) is 137 Å². The molecule has 1 amide bonds. The van der Waals surface area contributed by atoms with Crippen LogP contribution in [0.25, 0.3) is 0 Å². The molecule has 0 saturated heterocycles. The first-order valence-corrected chi connectivity index (χ1v) is 40.5. The van der Waals surface area contributed by atoms with Crippen LogP contribution in [-0.4, -0.2) is 185 Å². The van der Waals surface area contributed by atoms with E-state index in [1.807, 2.05) is 70.1 Å². The van der Waals surface area contributed by atoms with Gasteiger partial charge < -0.3 is 47.7 Å². The Morgan fingerprint density at radius 1 is 0.596 bits per heavy atom. The van der Waals surface area contributed by atoms with E-state index < -0.39 is 81.6 Å². The number of hydrogen-bond donors (Lipinski definition) is 3. The fourth-order valence-corrected chi connectivity index (χ4v) is 16.8. The molecule has 0 bridgehead atoms. The fraction of sp³-hybridized carbons (Fsp3) is 0.417. The molecule has 7 rings (SSSR count). The third-order valence-corrected chi connectivity index (χ3v) is 23.1. The molecule has 32 heteroatoms. The molecule has 2 aliphatic heterocycles. The first-order chi connectivity index (χ1) is 48.1. The topological polar surface area (TPSA) is 348 Å². The summed E-state index contributed by atoms with van der Waals surface area (Å²) in [6, 6.07) is 32.6. The molecule has 2 aliphatic rings. The number of carbonyl (C=O) groups is 3. The van der Waals surface area contributed by atoms with Gasteiger partial charge in [-0.15, -0.1) is 0 Å². The first-order valence-electron chi connectivity index (χ1n) is 33.1. The largest absolute Gasteiger partial charge is 1.00 e. The molecule has 104 heavy (non-hydrogen) atoms. The van der Waals surface area contributed by atoms with E-state index >= 15 is 0 Å². The number of carbonyl (C=O) groups excluding carboxylic acids is 3. The van der Waals surface area contributed by atoms with Gasteiger partial charge in [-0.2, -0.15) is 21.4 Å². The SMILES string of the molecule is COCCOCCOCCOCCOCCN1C(=CC=CC=CC=CC2=[N+](CCCCCC(=O)CCCNC(=O)c3ccc(C(=O)OC)c(P(c4ccccc4)c4ccccc4)c3)c3ccc(S(=O)(=O)[O-])cc3C2(C)CCCS(=O)(=O)[O-])C(C)(CCCS(=O)(=O)O)c2cc(S(=O)(=O)O)ccc21.[Na+].[Na+].[Na+]. The van der Waals surface area contributed by atoms with E-state index in [-0.39, 0.29) is 177 Å². The molecule has 2 heterocycles. The Bertz CT molecular complexity index is 4260. The average Bonchev–Trinajstić information content (AvgIpc) is 1.58. The maximum Gasteiger partial charge on any atom is 1.00 e. The number of amides is 1. The second-order valence-electron chi connectivity index (χ2n) is 24.5. The molecule has 548 valence electrons. The quantitative estimate of drug-likeness (QED) is 0.00811. The number of allylic oxidation sites excluding steroid dienone is 8. The number of ketones is 1. The van der Waals surface area contributed by atoms with E-state index in [4.69, 9.17) is 28.4 Å². The van der Waals surface area contributed by atoms with Crippen molar-refractivity contribution in [2.75, 3.05) is 110 Å². The van der Waals surface area contributed by atoms with Crippen molar-refractivity contribution in [3.8, 4) is 0 Å². The Labute approximate surface area is 679 Å². The third kappa shape index (κ3) is 27.8. The monoisotopic (exact) mass is 1560 g/mol. The summed E-state index contributed by atoms with van der Waals surface area (Å²) in [5.41, 5.74) is 1.76. The summed E-state index contributed by atoms with van der Waals surface area (Å²) in [5, 5.41) is 5.54. The second kappa shape index (κ2) is 44.6. The van der Waals surface area contributed by atoms with Crippen LogP contribution in [-0.2, 0) is 84.5 Å². The Balaban J connectivity index is 0.00000763. The minimum absolute atomic E-state index is 0. The van der Waals surface area contributed by atoms with Crippen molar-refractivity contribution in [1.29, 1.82) is 0 Å².